The lowest BCUT2D eigenvalue weighted by Crippen LogP contribution is -2.49. The Morgan fingerprint density at radius 1 is 1.18 bits per heavy atom. The Kier molecular flexibility index (Phi) is 10.1. The summed E-state index contributed by atoms with van der Waals surface area (Å²) >= 11 is 1.27. The molecule has 0 spiro atoms. The minimum atomic E-state index is -1.70. The first-order chi connectivity index (χ1) is 16.1. The number of hydrogen-bond acceptors (Lipinski definition) is 8. The number of aliphatic carboxylic acids is 2. The standard InChI is InChI=1S/C22H27N3O8S/c1-3-33-13-4-5-15-14(9-13)18(8-12(2)24-15)34-11-16(21(30)23-10-20(28)29)25-19(27)7-6-17(26)22(31)32/h4-5,8-9,16-17,26H,3,6-7,10-11H2,1-2H3,(H,23,30)(H,25,27)(H,28,29)(H,31,32)/t16-,17-/m1/s1. The SMILES string of the molecule is CCOc1ccc2nc(C)cc(SC[C@@H](NC(=O)CC[C@@H](O)C(=O)O)C(=O)NCC(=O)O)c2c1. The Morgan fingerprint density at radius 2 is 1.91 bits per heavy atom. The van der Waals surface area contributed by atoms with Crippen LogP contribution in [0.25, 0.3) is 10.9 Å². The van der Waals surface area contributed by atoms with Crippen LogP contribution in [0.3, 0.4) is 0 Å². The number of pyridine rings is 1. The minimum absolute atomic E-state index is 0.0656. The van der Waals surface area contributed by atoms with E-state index in [4.69, 9.17) is 14.9 Å². The number of carboxylic acid groups (broad SMARTS) is 2. The van der Waals surface area contributed by atoms with Gasteiger partial charge in [0.15, 0.2) is 6.10 Å². The molecular formula is C22H27N3O8S. The summed E-state index contributed by atoms with van der Waals surface area (Å²) in [6.07, 6.45) is -2.35. The van der Waals surface area contributed by atoms with Crippen molar-refractivity contribution in [2.75, 3.05) is 18.9 Å². The second-order valence-corrected chi connectivity index (χ2v) is 8.37. The molecule has 11 nitrogen and oxygen atoms in total. The van der Waals surface area contributed by atoms with E-state index in [1.54, 1.807) is 6.07 Å². The number of amides is 2. The zero-order valence-corrected chi connectivity index (χ0v) is 19.6. The van der Waals surface area contributed by atoms with Gasteiger partial charge in [0.1, 0.15) is 18.3 Å². The fraction of sp³-hybridized carbons (Fsp3) is 0.409. The molecule has 1 aromatic heterocycles. The Labute approximate surface area is 199 Å². The van der Waals surface area contributed by atoms with Gasteiger partial charge in [-0.1, -0.05) is 0 Å². The first kappa shape index (κ1) is 26.9. The summed E-state index contributed by atoms with van der Waals surface area (Å²) in [5.74, 6) is -3.32. The monoisotopic (exact) mass is 493 g/mol. The molecule has 0 bridgehead atoms. The molecule has 2 aromatic rings. The molecule has 0 fully saturated rings. The molecule has 2 amide bonds. The highest BCUT2D eigenvalue weighted by atomic mass is 32.2. The van der Waals surface area contributed by atoms with Gasteiger partial charge in [0, 0.05) is 28.1 Å². The largest absolute Gasteiger partial charge is 0.494 e. The number of fused-ring (bicyclic) bond motifs is 1. The van der Waals surface area contributed by atoms with Gasteiger partial charge in [0.25, 0.3) is 0 Å². The molecule has 5 N–H and O–H groups in total. The maximum absolute atomic E-state index is 12.5. The van der Waals surface area contributed by atoms with E-state index in [9.17, 15) is 24.3 Å². The lowest BCUT2D eigenvalue weighted by Gasteiger charge is -2.19. The van der Waals surface area contributed by atoms with E-state index >= 15 is 0 Å². The van der Waals surface area contributed by atoms with Crippen LogP contribution >= 0.6 is 11.8 Å². The third-order valence-corrected chi connectivity index (χ3v) is 5.73. The normalized spacial score (nSPS) is 12.6. The third-order valence-electron chi connectivity index (χ3n) is 4.58. The average molecular weight is 494 g/mol. The Balaban J connectivity index is 2.20. The highest BCUT2D eigenvalue weighted by molar-refractivity contribution is 7.99. The Bertz CT molecular complexity index is 1060. The van der Waals surface area contributed by atoms with Crippen molar-refractivity contribution in [3.8, 4) is 5.75 Å². The average Bonchev–Trinajstić information content (AvgIpc) is 2.78. The molecule has 0 aliphatic heterocycles. The third kappa shape index (κ3) is 8.19. The molecule has 2 rings (SSSR count). The van der Waals surface area contributed by atoms with Crippen LogP contribution in [-0.4, -0.2) is 75.1 Å². The van der Waals surface area contributed by atoms with Crippen molar-refractivity contribution in [2.45, 2.75) is 43.7 Å². The number of carbonyl (C=O) groups is 4. The molecule has 0 aliphatic carbocycles. The fourth-order valence-electron chi connectivity index (χ4n) is 2.98. The van der Waals surface area contributed by atoms with Gasteiger partial charge in [-0.05, 0) is 44.5 Å². The van der Waals surface area contributed by atoms with Crippen molar-refractivity contribution in [3.05, 3.63) is 30.0 Å². The van der Waals surface area contributed by atoms with Crippen molar-refractivity contribution >= 4 is 46.4 Å². The quantitative estimate of drug-likeness (QED) is 0.253. The summed E-state index contributed by atoms with van der Waals surface area (Å²) in [4.78, 5) is 51.7. The number of aliphatic hydroxyl groups is 1. The van der Waals surface area contributed by atoms with Crippen molar-refractivity contribution in [1.29, 1.82) is 0 Å². The van der Waals surface area contributed by atoms with Crippen molar-refractivity contribution < 1.29 is 39.2 Å². The van der Waals surface area contributed by atoms with Gasteiger partial charge in [0.05, 0.1) is 12.1 Å². The Morgan fingerprint density at radius 3 is 2.56 bits per heavy atom. The maximum Gasteiger partial charge on any atom is 0.332 e. The molecule has 34 heavy (non-hydrogen) atoms. The molecule has 2 atom stereocenters. The molecule has 0 radical (unpaired) electrons. The topological polar surface area (TPSA) is 175 Å². The van der Waals surface area contributed by atoms with Crippen molar-refractivity contribution in [1.82, 2.24) is 15.6 Å². The Hall–Kier alpha value is -3.38. The van der Waals surface area contributed by atoms with Gasteiger partial charge in [-0.3, -0.25) is 19.4 Å². The predicted octanol–water partition coefficient (Wildman–Crippen LogP) is 0.945. The maximum atomic E-state index is 12.5. The number of rotatable bonds is 13. The smallest absolute Gasteiger partial charge is 0.332 e. The molecule has 0 aliphatic rings. The van der Waals surface area contributed by atoms with E-state index in [1.807, 2.05) is 32.0 Å². The number of nitrogens with zero attached hydrogens (tertiary/aromatic N) is 1. The molecule has 12 heteroatoms. The van der Waals surface area contributed by atoms with Gasteiger partial charge in [-0.2, -0.15) is 0 Å². The first-order valence-corrected chi connectivity index (χ1v) is 11.5. The lowest BCUT2D eigenvalue weighted by atomic mass is 10.2. The predicted molar refractivity (Wildman–Crippen MR) is 124 cm³/mol. The summed E-state index contributed by atoms with van der Waals surface area (Å²) in [5.41, 5.74) is 1.47. The number of thioether (sulfide) groups is 1. The molecule has 1 aromatic carbocycles. The molecule has 0 saturated carbocycles. The molecular weight excluding hydrogens is 466 g/mol. The van der Waals surface area contributed by atoms with Crippen LogP contribution < -0.4 is 15.4 Å². The summed E-state index contributed by atoms with van der Waals surface area (Å²) in [7, 11) is 0. The highest BCUT2D eigenvalue weighted by Crippen LogP contribution is 2.31. The number of hydrogen-bond donors (Lipinski definition) is 5. The number of carbonyl (C=O) groups excluding carboxylic acids is 2. The summed E-state index contributed by atoms with van der Waals surface area (Å²) in [5, 5.41) is 32.5. The molecule has 184 valence electrons. The summed E-state index contributed by atoms with van der Waals surface area (Å²) in [6, 6.07) is 6.20. The molecule has 0 unspecified atom stereocenters. The number of aliphatic hydroxyl groups excluding tert-OH is 1. The van der Waals surface area contributed by atoms with E-state index in [-0.39, 0.29) is 18.6 Å². The summed E-state index contributed by atoms with van der Waals surface area (Å²) in [6.45, 7) is 3.56. The highest BCUT2D eigenvalue weighted by Gasteiger charge is 2.23. The van der Waals surface area contributed by atoms with Gasteiger partial charge < -0.3 is 30.7 Å². The van der Waals surface area contributed by atoms with Crippen LogP contribution in [0.5, 0.6) is 5.75 Å². The van der Waals surface area contributed by atoms with Gasteiger partial charge >= 0.3 is 11.9 Å². The van der Waals surface area contributed by atoms with Crippen LogP contribution in [0, 0.1) is 6.92 Å². The van der Waals surface area contributed by atoms with E-state index < -0.39 is 42.4 Å². The first-order valence-electron chi connectivity index (χ1n) is 10.5. The van der Waals surface area contributed by atoms with Crippen LogP contribution in [0.1, 0.15) is 25.5 Å². The number of benzene rings is 1. The van der Waals surface area contributed by atoms with Crippen LogP contribution in [0.4, 0.5) is 0 Å². The number of carboxylic acids is 2. The number of ether oxygens (including phenoxy) is 1. The van der Waals surface area contributed by atoms with E-state index in [2.05, 4.69) is 15.6 Å². The minimum Gasteiger partial charge on any atom is -0.494 e. The second kappa shape index (κ2) is 12.8. The molecule has 1 heterocycles. The number of aromatic nitrogens is 1. The van der Waals surface area contributed by atoms with Gasteiger partial charge in [0.2, 0.25) is 11.8 Å². The van der Waals surface area contributed by atoms with E-state index in [0.717, 1.165) is 21.5 Å². The molecule has 0 saturated heterocycles. The van der Waals surface area contributed by atoms with Crippen molar-refractivity contribution in [3.63, 3.8) is 0 Å². The van der Waals surface area contributed by atoms with Crippen LogP contribution in [0.15, 0.2) is 29.2 Å². The van der Waals surface area contributed by atoms with E-state index in [0.29, 0.717) is 12.4 Å². The lowest BCUT2D eigenvalue weighted by molar-refractivity contribution is -0.147. The van der Waals surface area contributed by atoms with Gasteiger partial charge in [-0.25, -0.2) is 4.79 Å². The number of nitrogens with one attached hydrogen (secondary N) is 2. The number of aryl methyl sites for hydroxylation is 1. The second-order valence-electron chi connectivity index (χ2n) is 7.31. The van der Waals surface area contributed by atoms with Crippen molar-refractivity contribution in [2.24, 2.45) is 0 Å². The van der Waals surface area contributed by atoms with Gasteiger partial charge in [-0.15, -0.1) is 11.8 Å². The summed E-state index contributed by atoms with van der Waals surface area (Å²) < 4.78 is 5.56. The fourth-order valence-corrected chi connectivity index (χ4v) is 4.13. The van der Waals surface area contributed by atoms with Crippen LogP contribution in [0.2, 0.25) is 0 Å². The zero-order valence-electron chi connectivity index (χ0n) is 18.7. The zero-order chi connectivity index (χ0) is 25.3. The van der Waals surface area contributed by atoms with E-state index in [1.165, 1.54) is 11.8 Å². The van der Waals surface area contributed by atoms with Crippen LogP contribution in [-0.2, 0) is 19.2 Å².